The smallest absolute Gasteiger partial charge is 0.321 e. The van der Waals surface area contributed by atoms with E-state index in [-0.39, 0.29) is 6.54 Å². The zero-order valence-corrected chi connectivity index (χ0v) is 12.6. The van der Waals surface area contributed by atoms with Crippen LogP contribution in [0.25, 0.3) is 0 Å². The Bertz CT molecular complexity index is 631. The van der Waals surface area contributed by atoms with Gasteiger partial charge >= 0.3 is 6.03 Å². The molecule has 0 unspecified atom stereocenters. The van der Waals surface area contributed by atoms with Crippen LogP contribution in [0.15, 0.2) is 41.8 Å². The van der Waals surface area contributed by atoms with Crippen molar-refractivity contribution >= 4 is 29.0 Å². The summed E-state index contributed by atoms with van der Waals surface area (Å²) in [5.74, 6) is -0.880. The number of carbonyl (C=O) groups excluding carboxylic acids is 2. The van der Waals surface area contributed by atoms with Crippen molar-refractivity contribution in [3.05, 3.63) is 52.5 Å². The first kappa shape index (κ1) is 16.0. The van der Waals surface area contributed by atoms with Gasteiger partial charge in [-0.2, -0.15) is 0 Å². The normalized spacial score (nSPS) is 10.0. The van der Waals surface area contributed by atoms with E-state index in [4.69, 9.17) is 0 Å². The number of rotatable bonds is 6. The number of nitrogens with one attached hydrogen (secondary N) is 3. The van der Waals surface area contributed by atoms with Gasteiger partial charge in [0.2, 0.25) is 5.91 Å². The number of amides is 3. The molecule has 0 fully saturated rings. The van der Waals surface area contributed by atoms with Gasteiger partial charge < -0.3 is 10.6 Å². The minimum atomic E-state index is -0.539. The second kappa shape index (κ2) is 8.14. The van der Waals surface area contributed by atoms with Crippen LogP contribution in [0.3, 0.4) is 0 Å². The number of hydrogen-bond donors (Lipinski definition) is 3. The number of carbonyl (C=O) groups is 2. The summed E-state index contributed by atoms with van der Waals surface area (Å²) < 4.78 is 13.0. The molecule has 0 bridgehead atoms. The highest BCUT2D eigenvalue weighted by Gasteiger charge is 2.07. The van der Waals surface area contributed by atoms with Gasteiger partial charge in [-0.25, -0.2) is 9.18 Å². The van der Waals surface area contributed by atoms with E-state index in [0.717, 1.165) is 6.42 Å². The van der Waals surface area contributed by atoms with Crippen LogP contribution >= 0.6 is 11.3 Å². The highest BCUT2D eigenvalue weighted by Crippen LogP contribution is 2.08. The number of imide groups is 1. The van der Waals surface area contributed by atoms with Crippen LogP contribution in [0.1, 0.15) is 4.88 Å². The number of anilines is 1. The highest BCUT2D eigenvalue weighted by atomic mass is 32.1. The van der Waals surface area contributed by atoms with Gasteiger partial charge in [-0.1, -0.05) is 12.1 Å². The zero-order chi connectivity index (χ0) is 15.8. The van der Waals surface area contributed by atoms with Crippen molar-refractivity contribution in [3.8, 4) is 0 Å². The van der Waals surface area contributed by atoms with Gasteiger partial charge in [-0.05, 0) is 36.1 Å². The lowest BCUT2D eigenvalue weighted by molar-refractivity contribution is -0.118. The summed E-state index contributed by atoms with van der Waals surface area (Å²) in [6.45, 7) is 0.346. The molecule has 2 aromatic rings. The predicted octanol–water partition coefficient (Wildman–Crippen LogP) is 2.37. The Balaban J connectivity index is 1.64. The Kier molecular flexibility index (Phi) is 5.91. The SMILES string of the molecule is O=C(CNc1cccc(F)c1)NC(=O)NCCc1cccs1. The summed E-state index contributed by atoms with van der Waals surface area (Å²) in [5, 5.41) is 9.52. The summed E-state index contributed by atoms with van der Waals surface area (Å²) in [6.07, 6.45) is 0.723. The number of hydrogen-bond acceptors (Lipinski definition) is 4. The summed E-state index contributed by atoms with van der Waals surface area (Å²) >= 11 is 1.62. The van der Waals surface area contributed by atoms with E-state index < -0.39 is 17.8 Å². The van der Waals surface area contributed by atoms with E-state index in [2.05, 4.69) is 16.0 Å². The van der Waals surface area contributed by atoms with Gasteiger partial charge in [0.05, 0.1) is 6.54 Å². The van der Waals surface area contributed by atoms with Crippen molar-refractivity contribution in [2.24, 2.45) is 0 Å². The first-order chi connectivity index (χ1) is 10.6. The lowest BCUT2D eigenvalue weighted by Gasteiger charge is -2.08. The number of benzene rings is 1. The van der Waals surface area contributed by atoms with Crippen molar-refractivity contribution in [2.45, 2.75) is 6.42 Å². The molecule has 1 aromatic heterocycles. The van der Waals surface area contributed by atoms with Gasteiger partial charge in [0, 0.05) is 17.1 Å². The lowest BCUT2D eigenvalue weighted by atomic mass is 10.3. The molecular formula is C15H16FN3O2S. The number of urea groups is 1. The topological polar surface area (TPSA) is 70.2 Å². The Morgan fingerprint density at radius 2 is 2.05 bits per heavy atom. The van der Waals surface area contributed by atoms with E-state index in [1.54, 1.807) is 17.4 Å². The maximum Gasteiger partial charge on any atom is 0.321 e. The zero-order valence-electron chi connectivity index (χ0n) is 11.8. The average Bonchev–Trinajstić information content (AvgIpc) is 2.98. The summed E-state index contributed by atoms with van der Waals surface area (Å²) in [4.78, 5) is 24.3. The van der Waals surface area contributed by atoms with Gasteiger partial charge in [0.15, 0.2) is 0 Å². The monoisotopic (exact) mass is 321 g/mol. The van der Waals surface area contributed by atoms with Gasteiger partial charge in [-0.3, -0.25) is 10.1 Å². The van der Waals surface area contributed by atoms with Gasteiger partial charge in [0.25, 0.3) is 0 Å². The van der Waals surface area contributed by atoms with Crippen LogP contribution < -0.4 is 16.0 Å². The third-order valence-electron chi connectivity index (χ3n) is 2.77. The summed E-state index contributed by atoms with van der Waals surface area (Å²) in [5.41, 5.74) is 0.480. The van der Waals surface area contributed by atoms with Crippen LogP contribution in [-0.2, 0) is 11.2 Å². The second-order valence-electron chi connectivity index (χ2n) is 4.50. The Morgan fingerprint density at radius 3 is 2.77 bits per heavy atom. The molecule has 7 heteroatoms. The van der Waals surface area contributed by atoms with E-state index in [9.17, 15) is 14.0 Å². The first-order valence-corrected chi connectivity index (χ1v) is 7.61. The van der Waals surface area contributed by atoms with Crippen molar-refractivity contribution < 1.29 is 14.0 Å². The Hall–Kier alpha value is -2.41. The second-order valence-corrected chi connectivity index (χ2v) is 5.53. The van der Waals surface area contributed by atoms with E-state index in [0.29, 0.717) is 12.2 Å². The molecule has 0 radical (unpaired) electrons. The highest BCUT2D eigenvalue weighted by molar-refractivity contribution is 7.09. The molecule has 2 rings (SSSR count). The third-order valence-corrected chi connectivity index (χ3v) is 3.70. The minimum absolute atomic E-state index is 0.109. The minimum Gasteiger partial charge on any atom is -0.376 e. The van der Waals surface area contributed by atoms with Gasteiger partial charge in [0.1, 0.15) is 5.82 Å². The van der Waals surface area contributed by atoms with Crippen molar-refractivity contribution in [3.63, 3.8) is 0 Å². The summed E-state index contributed by atoms with van der Waals surface area (Å²) in [6, 6.07) is 9.15. The molecule has 5 nitrogen and oxygen atoms in total. The molecule has 22 heavy (non-hydrogen) atoms. The van der Waals surface area contributed by atoms with E-state index in [1.165, 1.54) is 23.1 Å². The molecule has 3 N–H and O–H groups in total. The first-order valence-electron chi connectivity index (χ1n) is 6.73. The molecular weight excluding hydrogens is 305 g/mol. The summed E-state index contributed by atoms with van der Waals surface area (Å²) in [7, 11) is 0. The van der Waals surface area contributed by atoms with Crippen LogP contribution in [0.4, 0.5) is 14.9 Å². The molecule has 0 aliphatic rings. The predicted molar refractivity (Wildman–Crippen MR) is 84.5 cm³/mol. The molecule has 1 aromatic carbocycles. The fraction of sp³-hybridized carbons (Fsp3) is 0.200. The van der Waals surface area contributed by atoms with E-state index >= 15 is 0 Å². The number of thiophene rings is 1. The largest absolute Gasteiger partial charge is 0.376 e. The Morgan fingerprint density at radius 1 is 1.18 bits per heavy atom. The molecule has 0 saturated heterocycles. The Labute approximate surface area is 131 Å². The fourth-order valence-electron chi connectivity index (χ4n) is 1.75. The maximum absolute atomic E-state index is 13.0. The lowest BCUT2D eigenvalue weighted by Crippen LogP contribution is -2.42. The standard InChI is InChI=1S/C15H16FN3O2S/c16-11-3-1-4-12(9-11)18-10-14(20)19-15(21)17-7-6-13-5-2-8-22-13/h1-5,8-9,18H,6-7,10H2,(H2,17,19,20,21). The molecule has 3 amide bonds. The van der Waals surface area contributed by atoms with E-state index in [1.807, 2.05) is 17.5 Å². The molecule has 116 valence electrons. The quantitative estimate of drug-likeness (QED) is 0.765. The molecule has 0 saturated carbocycles. The van der Waals surface area contributed by atoms with Crippen LogP contribution in [0.2, 0.25) is 0 Å². The molecule has 0 aliphatic heterocycles. The molecule has 0 spiro atoms. The molecule has 0 aliphatic carbocycles. The third kappa shape index (κ3) is 5.53. The maximum atomic E-state index is 13.0. The van der Waals surface area contributed by atoms with Crippen LogP contribution in [0.5, 0.6) is 0 Å². The average molecular weight is 321 g/mol. The van der Waals surface area contributed by atoms with Crippen molar-refractivity contribution in [1.29, 1.82) is 0 Å². The fourth-order valence-corrected chi connectivity index (χ4v) is 2.46. The van der Waals surface area contributed by atoms with Crippen molar-refractivity contribution in [1.82, 2.24) is 10.6 Å². The number of halogens is 1. The van der Waals surface area contributed by atoms with Crippen LogP contribution in [-0.4, -0.2) is 25.0 Å². The molecule has 0 atom stereocenters. The van der Waals surface area contributed by atoms with Crippen LogP contribution in [0, 0.1) is 5.82 Å². The molecule has 1 heterocycles. The van der Waals surface area contributed by atoms with Gasteiger partial charge in [-0.15, -0.1) is 11.3 Å². The van der Waals surface area contributed by atoms with Crippen molar-refractivity contribution in [2.75, 3.05) is 18.4 Å².